The zero-order valence-corrected chi connectivity index (χ0v) is 13.4. The molecule has 0 radical (unpaired) electrons. The van der Waals surface area contributed by atoms with Crippen LogP contribution >= 0.6 is 0 Å². The molecular formula is C17H31N3O. The summed E-state index contributed by atoms with van der Waals surface area (Å²) in [6.07, 6.45) is 9.66. The van der Waals surface area contributed by atoms with Gasteiger partial charge in [0.05, 0.1) is 0 Å². The van der Waals surface area contributed by atoms with Crippen molar-refractivity contribution in [2.24, 2.45) is 5.92 Å². The van der Waals surface area contributed by atoms with E-state index in [2.05, 4.69) is 15.1 Å². The molecule has 3 saturated heterocycles. The fourth-order valence-electron chi connectivity index (χ4n) is 4.21. The van der Waals surface area contributed by atoms with Gasteiger partial charge >= 0.3 is 0 Å². The van der Waals surface area contributed by atoms with Crippen LogP contribution < -0.4 is 5.32 Å². The highest BCUT2D eigenvalue weighted by Crippen LogP contribution is 2.23. The van der Waals surface area contributed by atoms with E-state index < -0.39 is 0 Å². The van der Waals surface area contributed by atoms with Gasteiger partial charge in [-0.15, -0.1) is 0 Å². The van der Waals surface area contributed by atoms with Crippen molar-refractivity contribution in [1.29, 1.82) is 0 Å². The van der Waals surface area contributed by atoms with Crippen molar-refractivity contribution >= 4 is 5.91 Å². The molecule has 0 aromatic carbocycles. The molecule has 1 unspecified atom stereocenters. The Hall–Kier alpha value is -0.610. The Morgan fingerprint density at radius 1 is 1.00 bits per heavy atom. The lowest BCUT2D eigenvalue weighted by atomic mass is 9.93. The Morgan fingerprint density at radius 2 is 1.76 bits per heavy atom. The molecule has 0 aliphatic carbocycles. The molecule has 3 heterocycles. The highest BCUT2D eigenvalue weighted by Gasteiger charge is 2.30. The highest BCUT2D eigenvalue weighted by atomic mass is 16.2. The Balaban J connectivity index is 1.39. The van der Waals surface area contributed by atoms with Crippen molar-refractivity contribution in [3.05, 3.63) is 0 Å². The Morgan fingerprint density at radius 3 is 2.52 bits per heavy atom. The Kier molecular flexibility index (Phi) is 5.53. The molecule has 4 heteroatoms. The first-order chi connectivity index (χ1) is 10.3. The van der Waals surface area contributed by atoms with Gasteiger partial charge in [0.1, 0.15) is 0 Å². The van der Waals surface area contributed by atoms with E-state index in [9.17, 15) is 4.79 Å². The predicted molar refractivity (Wildman–Crippen MR) is 85.2 cm³/mol. The number of likely N-dealkylation sites (tertiary alicyclic amines) is 2. The number of carbonyl (C=O) groups is 1. The molecule has 0 saturated carbocycles. The number of amides is 1. The van der Waals surface area contributed by atoms with Crippen LogP contribution in [0.3, 0.4) is 0 Å². The molecule has 0 aromatic heterocycles. The maximum absolute atomic E-state index is 12.4. The number of carbonyl (C=O) groups excluding carboxylic acids is 1. The van der Waals surface area contributed by atoms with E-state index in [1.807, 2.05) is 0 Å². The van der Waals surface area contributed by atoms with Gasteiger partial charge in [-0.1, -0.05) is 6.42 Å². The van der Waals surface area contributed by atoms with Gasteiger partial charge in [0.2, 0.25) is 5.91 Å². The summed E-state index contributed by atoms with van der Waals surface area (Å²) in [5, 5.41) is 3.40. The number of rotatable bonds is 4. The van der Waals surface area contributed by atoms with E-state index in [0.29, 0.717) is 11.9 Å². The first-order valence-electron chi connectivity index (χ1n) is 9.05. The molecule has 4 nitrogen and oxygen atoms in total. The van der Waals surface area contributed by atoms with E-state index in [0.717, 1.165) is 44.9 Å². The molecule has 0 spiro atoms. The third-order valence-electron chi connectivity index (χ3n) is 5.65. The molecule has 1 atom stereocenters. The molecule has 0 bridgehead atoms. The second-order valence-corrected chi connectivity index (χ2v) is 7.11. The third-order valence-corrected chi connectivity index (χ3v) is 5.65. The summed E-state index contributed by atoms with van der Waals surface area (Å²) in [6.45, 7) is 6.76. The van der Waals surface area contributed by atoms with Gasteiger partial charge in [0.25, 0.3) is 0 Å². The number of nitrogens with one attached hydrogen (secondary N) is 1. The van der Waals surface area contributed by atoms with Crippen molar-refractivity contribution in [3.63, 3.8) is 0 Å². The zero-order chi connectivity index (χ0) is 14.5. The normalized spacial score (nSPS) is 29.0. The minimum absolute atomic E-state index is 0.410. The van der Waals surface area contributed by atoms with Gasteiger partial charge < -0.3 is 10.2 Å². The molecule has 3 fully saturated rings. The highest BCUT2D eigenvalue weighted by molar-refractivity contribution is 5.76. The van der Waals surface area contributed by atoms with Gasteiger partial charge in [-0.2, -0.15) is 0 Å². The Bertz CT molecular complexity index is 335. The summed E-state index contributed by atoms with van der Waals surface area (Å²) in [5.41, 5.74) is 0. The molecule has 3 aliphatic heterocycles. The second kappa shape index (κ2) is 7.59. The molecule has 0 aromatic rings. The average molecular weight is 293 g/mol. The number of hydrogen-bond acceptors (Lipinski definition) is 3. The van der Waals surface area contributed by atoms with Gasteiger partial charge in [-0.05, 0) is 70.6 Å². The number of nitrogens with zero attached hydrogens (tertiary/aromatic N) is 2. The molecule has 1 amide bonds. The average Bonchev–Trinajstić information content (AvgIpc) is 3.04. The monoisotopic (exact) mass is 293 g/mol. The van der Waals surface area contributed by atoms with Crippen molar-refractivity contribution in [3.8, 4) is 0 Å². The van der Waals surface area contributed by atoms with Crippen LogP contribution in [0.25, 0.3) is 0 Å². The van der Waals surface area contributed by atoms with Gasteiger partial charge in [-0.3, -0.25) is 9.69 Å². The molecular weight excluding hydrogens is 262 g/mol. The van der Waals surface area contributed by atoms with Crippen molar-refractivity contribution in [2.45, 2.75) is 57.4 Å². The van der Waals surface area contributed by atoms with Crippen LogP contribution in [0, 0.1) is 5.92 Å². The van der Waals surface area contributed by atoms with Crippen LogP contribution in [-0.4, -0.2) is 61.0 Å². The lowest BCUT2D eigenvalue weighted by Crippen LogP contribution is -2.41. The van der Waals surface area contributed by atoms with Crippen molar-refractivity contribution in [1.82, 2.24) is 15.1 Å². The molecule has 3 aliphatic rings. The molecule has 3 rings (SSSR count). The Labute approximate surface area is 129 Å². The van der Waals surface area contributed by atoms with E-state index in [-0.39, 0.29) is 0 Å². The minimum atomic E-state index is 0.410. The van der Waals surface area contributed by atoms with Crippen LogP contribution in [0.5, 0.6) is 0 Å². The summed E-state index contributed by atoms with van der Waals surface area (Å²) < 4.78 is 0. The fraction of sp³-hybridized carbons (Fsp3) is 0.941. The predicted octanol–water partition coefficient (Wildman–Crippen LogP) is 1.85. The van der Waals surface area contributed by atoms with Crippen molar-refractivity contribution < 1.29 is 4.79 Å². The topological polar surface area (TPSA) is 35.6 Å². The van der Waals surface area contributed by atoms with Crippen molar-refractivity contribution in [2.75, 3.05) is 39.3 Å². The first-order valence-corrected chi connectivity index (χ1v) is 9.05. The largest absolute Gasteiger partial charge is 0.341 e. The van der Waals surface area contributed by atoms with E-state index >= 15 is 0 Å². The second-order valence-electron chi connectivity index (χ2n) is 7.11. The molecule has 120 valence electrons. The zero-order valence-electron chi connectivity index (χ0n) is 13.4. The summed E-state index contributed by atoms with van der Waals surface area (Å²) in [5.74, 6) is 1.18. The van der Waals surface area contributed by atoms with Crippen LogP contribution in [0.15, 0.2) is 0 Å². The van der Waals surface area contributed by atoms with Crippen LogP contribution in [0.4, 0.5) is 0 Å². The van der Waals surface area contributed by atoms with E-state index in [1.165, 1.54) is 51.6 Å². The van der Waals surface area contributed by atoms with E-state index in [4.69, 9.17) is 0 Å². The smallest absolute Gasteiger partial charge is 0.222 e. The van der Waals surface area contributed by atoms with Gasteiger partial charge in [0, 0.05) is 25.6 Å². The maximum atomic E-state index is 12.4. The minimum Gasteiger partial charge on any atom is -0.341 e. The standard InChI is InChI=1S/C17H31N3O/c21-17(5-4-15-6-9-18-10-7-15)20-13-8-16(14-20)19-11-2-1-3-12-19/h15-16,18H,1-14H2. The summed E-state index contributed by atoms with van der Waals surface area (Å²) in [7, 11) is 0. The van der Waals surface area contributed by atoms with Crippen LogP contribution in [-0.2, 0) is 4.79 Å². The summed E-state index contributed by atoms with van der Waals surface area (Å²) in [4.78, 5) is 17.2. The maximum Gasteiger partial charge on any atom is 0.222 e. The SMILES string of the molecule is O=C(CCC1CCNCC1)N1CCC(N2CCCCC2)C1. The first kappa shape index (κ1) is 15.3. The third kappa shape index (κ3) is 4.19. The molecule has 21 heavy (non-hydrogen) atoms. The quantitative estimate of drug-likeness (QED) is 0.859. The fourth-order valence-corrected chi connectivity index (χ4v) is 4.21. The summed E-state index contributed by atoms with van der Waals surface area (Å²) >= 11 is 0. The summed E-state index contributed by atoms with van der Waals surface area (Å²) in [6, 6.07) is 0.646. The van der Waals surface area contributed by atoms with Crippen LogP contribution in [0.1, 0.15) is 51.4 Å². The number of piperidine rings is 2. The van der Waals surface area contributed by atoms with Crippen LogP contribution in [0.2, 0.25) is 0 Å². The number of hydrogen-bond donors (Lipinski definition) is 1. The van der Waals surface area contributed by atoms with Gasteiger partial charge in [0.15, 0.2) is 0 Å². The lowest BCUT2D eigenvalue weighted by molar-refractivity contribution is -0.130. The lowest BCUT2D eigenvalue weighted by Gasteiger charge is -2.32. The van der Waals surface area contributed by atoms with E-state index in [1.54, 1.807) is 0 Å². The molecule has 1 N–H and O–H groups in total. The van der Waals surface area contributed by atoms with Gasteiger partial charge in [-0.25, -0.2) is 0 Å².